The molecule has 0 aromatic heterocycles. The van der Waals surface area contributed by atoms with Crippen molar-refractivity contribution in [2.24, 2.45) is 0 Å². The molecule has 0 aliphatic carbocycles. The molecule has 19 heavy (non-hydrogen) atoms. The first kappa shape index (κ1) is 13.8. The molecule has 0 saturated carbocycles. The number of carboxylic acids is 1. The molecule has 0 radical (unpaired) electrons. The number of thioether (sulfide) groups is 1. The van der Waals surface area contributed by atoms with Crippen LogP contribution in [0.2, 0.25) is 0 Å². The second-order valence-electron chi connectivity index (χ2n) is 4.30. The first-order valence-electron chi connectivity index (χ1n) is 5.53. The van der Waals surface area contributed by atoms with Crippen LogP contribution >= 0.6 is 11.8 Å². The lowest BCUT2D eigenvalue weighted by atomic mass is 9.98. The molecule has 7 heteroatoms. The molecule has 4 nitrogen and oxygen atoms in total. The van der Waals surface area contributed by atoms with Gasteiger partial charge in [-0.25, -0.2) is 13.6 Å². The minimum absolute atomic E-state index is 0.227. The van der Waals surface area contributed by atoms with Gasteiger partial charge in [0.15, 0.2) is 0 Å². The van der Waals surface area contributed by atoms with Crippen LogP contribution in [0.5, 0.6) is 0 Å². The first-order chi connectivity index (χ1) is 8.93. The Hall–Kier alpha value is -1.63. The van der Waals surface area contributed by atoms with Gasteiger partial charge in [0, 0.05) is 17.4 Å². The van der Waals surface area contributed by atoms with Gasteiger partial charge >= 0.3 is 5.97 Å². The van der Waals surface area contributed by atoms with E-state index in [2.05, 4.69) is 5.32 Å². The molecule has 1 aliphatic rings. The molecule has 1 heterocycles. The topological polar surface area (TPSA) is 66.4 Å². The zero-order valence-electron chi connectivity index (χ0n) is 9.78. The molecule has 2 N–H and O–H groups in total. The number of carbonyl (C=O) groups excluding carboxylic acids is 1. The molecule has 1 aliphatic heterocycles. The summed E-state index contributed by atoms with van der Waals surface area (Å²) in [5.41, 5.74) is -1.58. The summed E-state index contributed by atoms with van der Waals surface area (Å²) in [6.07, 6.45) is 0.288. The van der Waals surface area contributed by atoms with E-state index >= 15 is 0 Å². The van der Waals surface area contributed by atoms with Crippen LogP contribution in [-0.2, 0) is 4.79 Å². The Labute approximate surface area is 112 Å². The molecule has 1 unspecified atom stereocenters. The highest BCUT2D eigenvalue weighted by Gasteiger charge is 2.43. The molecular weight excluding hydrogens is 276 g/mol. The summed E-state index contributed by atoms with van der Waals surface area (Å²) in [6, 6.07) is 2.39. The normalized spacial score (nSPS) is 22.2. The third-order valence-electron chi connectivity index (χ3n) is 2.91. The Bertz CT molecular complexity index is 509. The second-order valence-corrected chi connectivity index (χ2v) is 5.41. The Morgan fingerprint density at radius 1 is 1.26 bits per heavy atom. The van der Waals surface area contributed by atoms with Crippen molar-refractivity contribution in [3.8, 4) is 0 Å². The minimum atomic E-state index is -1.36. The molecule has 0 bridgehead atoms. The number of aliphatic carboxylic acids is 1. The first-order valence-corrected chi connectivity index (χ1v) is 6.68. The molecule has 1 aromatic rings. The standard InChI is InChI=1S/C12H11F2NO3S/c13-8-3-7(4-9(14)5-8)10(16)15-12(11(17)18)1-2-19-6-12/h3-5H,1-2,6H2,(H,15,16)(H,17,18). The van der Waals surface area contributed by atoms with Crippen molar-refractivity contribution in [1.82, 2.24) is 5.32 Å². The molecular formula is C12H11F2NO3S. The predicted octanol–water partition coefficient (Wildman–Crippen LogP) is 1.65. The quantitative estimate of drug-likeness (QED) is 0.887. The van der Waals surface area contributed by atoms with Gasteiger partial charge in [0.25, 0.3) is 5.91 Å². The summed E-state index contributed by atoms with van der Waals surface area (Å²) in [4.78, 5) is 23.1. The number of hydrogen-bond donors (Lipinski definition) is 2. The van der Waals surface area contributed by atoms with Gasteiger partial charge in [0.05, 0.1) is 0 Å². The fourth-order valence-electron chi connectivity index (χ4n) is 1.86. The van der Waals surface area contributed by atoms with Crippen molar-refractivity contribution in [2.45, 2.75) is 12.0 Å². The zero-order valence-corrected chi connectivity index (χ0v) is 10.6. The fraction of sp³-hybridized carbons (Fsp3) is 0.333. The van der Waals surface area contributed by atoms with Crippen molar-refractivity contribution in [2.75, 3.05) is 11.5 Å². The molecule has 2 rings (SSSR count). The lowest BCUT2D eigenvalue weighted by Gasteiger charge is -2.24. The van der Waals surface area contributed by atoms with E-state index in [1.54, 1.807) is 0 Å². The molecule has 1 atom stereocenters. The maximum Gasteiger partial charge on any atom is 0.330 e. The summed E-state index contributed by atoms with van der Waals surface area (Å²) < 4.78 is 26.0. The number of nitrogens with one attached hydrogen (secondary N) is 1. The van der Waals surface area contributed by atoms with Crippen molar-refractivity contribution in [3.05, 3.63) is 35.4 Å². The fourth-order valence-corrected chi connectivity index (χ4v) is 3.19. The number of halogens is 2. The number of amides is 1. The number of benzene rings is 1. The average molecular weight is 287 g/mol. The van der Waals surface area contributed by atoms with E-state index in [-0.39, 0.29) is 17.7 Å². The highest BCUT2D eigenvalue weighted by Crippen LogP contribution is 2.28. The maximum atomic E-state index is 13.0. The van der Waals surface area contributed by atoms with Crippen LogP contribution in [0.3, 0.4) is 0 Å². The van der Waals surface area contributed by atoms with Gasteiger partial charge in [-0.05, 0) is 24.3 Å². The largest absolute Gasteiger partial charge is 0.479 e. The van der Waals surface area contributed by atoms with Crippen molar-refractivity contribution < 1.29 is 23.5 Å². The summed E-state index contributed by atoms with van der Waals surface area (Å²) >= 11 is 1.41. The minimum Gasteiger partial charge on any atom is -0.479 e. The third-order valence-corrected chi connectivity index (χ3v) is 4.10. The van der Waals surface area contributed by atoms with Crippen LogP contribution in [0.1, 0.15) is 16.8 Å². The van der Waals surface area contributed by atoms with E-state index in [0.717, 1.165) is 12.1 Å². The molecule has 1 saturated heterocycles. The Balaban J connectivity index is 2.22. The smallest absolute Gasteiger partial charge is 0.330 e. The van der Waals surface area contributed by atoms with Crippen LogP contribution in [0.15, 0.2) is 18.2 Å². The number of carboxylic acid groups (broad SMARTS) is 1. The lowest BCUT2D eigenvalue weighted by Crippen LogP contribution is -2.54. The van der Waals surface area contributed by atoms with Gasteiger partial charge in [-0.1, -0.05) is 0 Å². The summed E-state index contributed by atoms with van der Waals surface area (Å²) in [5, 5.41) is 11.6. The van der Waals surface area contributed by atoms with Gasteiger partial charge in [0.1, 0.15) is 17.2 Å². The lowest BCUT2D eigenvalue weighted by molar-refractivity contribution is -0.143. The van der Waals surface area contributed by atoms with Gasteiger partial charge < -0.3 is 10.4 Å². The molecule has 1 aromatic carbocycles. The third kappa shape index (κ3) is 2.86. The number of rotatable bonds is 3. The number of hydrogen-bond acceptors (Lipinski definition) is 3. The van der Waals surface area contributed by atoms with Gasteiger partial charge in [-0.3, -0.25) is 4.79 Å². The van der Waals surface area contributed by atoms with E-state index < -0.39 is 29.0 Å². The van der Waals surface area contributed by atoms with Crippen LogP contribution in [0.4, 0.5) is 8.78 Å². The molecule has 1 fully saturated rings. The van der Waals surface area contributed by atoms with Crippen LogP contribution in [0, 0.1) is 11.6 Å². The zero-order chi connectivity index (χ0) is 14.0. The molecule has 1 amide bonds. The van der Waals surface area contributed by atoms with Crippen LogP contribution in [-0.4, -0.2) is 34.0 Å². The van der Waals surface area contributed by atoms with Gasteiger partial charge in [-0.2, -0.15) is 11.8 Å². The Morgan fingerprint density at radius 3 is 2.37 bits per heavy atom. The van der Waals surface area contributed by atoms with Crippen molar-refractivity contribution in [1.29, 1.82) is 0 Å². The monoisotopic (exact) mass is 287 g/mol. The summed E-state index contributed by atoms with van der Waals surface area (Å²) in [6.45, 7) is 0. The van der Waals surface area contributed by atoms with E-state index in [0.29, 0.717) is 11.8 Å². The van der Waals surface area contributed by atoms with E-state index in [9.17, 15) is 23.5 Å². The summed E-state index contributed by atoms with van der Waals surface area (Å²) in [7, 11) is 0. The average Bonchev–Trinajstić information content (AvgIpc) is 2.77. The van der Waals surface area contributed by atoms with Gasteiger partial charge in [0.2, 0.25) is 0 Å². The highest BCUT2D eigenvalue weighted by atomic mass is 32.2. The van der Waals surface area contributed by atoms with Gasteiger partial charge in [-0.15, -0.1) is 0 Å². The highest BCUT2D eigenvalue weighted by molar-refractivity contribution is 7.99. The van der Waals surface area contributed by atoms with Crippen molar-refractivity contribution in [3.63, 3.8) is 0 Å². The second kappa shape index (κ2) is 5.16. The Morgan fingerprint density at radius 2 is 1.89 bits per heavy atom. The van der Waals surface area contributed by atoms with Crippen molar-refractivity contribution >= 4 is 23.6 Å². The summed E-state index contributed by atoms with van der Waals surface area (Å²) in [5.74, 6) is -2.83. The molecule has 0 spiro atoms. The van der Waals surface area contributed by atoms with E-state index in [1.165, 1.54) is 11.8 Å². The maximum absolute atomic E-state index is 13.0. The Kier molecular flexibility index (Phi) is 3.75. The van der Waals surface area contributed by atoms with E-state index in [1.807, 2.05) is 0 Å². The van der Waals surface area contributed by atoms with Crippen LogP contribution in [0.25, 0.3) is 0 Å². The predicted molar refractivity (Wildman–Crippen MR) is 66.1 cm³/mol. The molecule has 102 valence electrons. The van der Waals surface area contributed by atoms with Crippen LogP contribution < -0.4 is 5.32 Å². The number of carbonyl (C=O) groups is 2. The SMILES string of the molecule is O=C(NC1(C(=O)O)CCSC1)c1cc(F)cc(F)c1. The van der Waals surface area contributed by atoms with E-state index in [4.69, 9.17) is 0 Å².